The van der Waals surface area contributed by atoms with Crippen LogP contribution in [0.25, 0.3) is 0 Å². The van der Waals surface area contributed by atoms with Crippen LogP contribution in [0.2, 0.25) is 0 Å². The number of methoxy groups -OCH3 is 1. The molecule has 3 aliphatic heterocycles. The monoisotopic (exact) mass is 385 g/mol. The van der Waals surface area contributed by atoms with Gasteiger partial charge in [-0.25, -0.2) is 0 Å². The van der Waals surface area contributed by atoms with Gasteiger partial charge >= 0.3 is 0 Å². The molecule has 0 unspecified atom stereocenters. The van der Waals surface area contributed by atoms with Crippen molar-refractivity contribution in [2.24, 2.45) is 5.92 Å². The predicted octanol–water partition coefficient (Wildman–Crippen LogP) is 2.99. The molecule has 28 heavy (non-hydrogen) atoms. The number of benzene rings is 1. The Morgan fingerprint density at radius 1 is 1.00 bits per heavy atom. The lowest BCUT2D eigenvalue weighted by molar-refractivity contribution is -0.136. The van der Waals surface area contributed by atoms with Gasteiger partial charge in [-0.2, -0.15) is 0 Å². The molecule has 0 bridgehead atoms. The van der Waals surface area contributed by atoms with Crippen molar-refractivity contribution in [2.45, 2.75) is 51.1 Å². The van der Waals surface area contributed by atoms with Gasteiger partial charge < -0.3 is 9.64 Å². The van der Waals surface area contributed by atoms with Crippen molar-refractivity contribution in [3.8, 4) is 5.75 Å². The summed E-state index contributed by atoms with van der Waals surface area (Å²) in [6.45, 7) is 7.33. The van der Waals surface area contributed by atoms with Gasteiger partial charge in [-0.1, -0.05) is 18.2 Å². The fourth-order valence-corrected chi connectivity index (χ4v) is 5.25. The first-order chi connectivity index (χ1) is 13.7. The van der Waals surface area contributed by atoms with E-state index in [1.807, 2.05) is 12.1 Å². The average Bonchev–Trinajstić information content (AvgIpc) is 3.29. The van der Waals surface area contributed by atoms with Crippen LogP contribution in [-0.4, -0.2) is 73.0 Å². The second-order valence-electron chi connectivity index (χ2n) is 8.69. The molecular formula is C23H35N3O2. The Morgan fingerprint density at radius 3 is 2.50 bits per heavy atom. The third-order valence-corrected chi connectivity index (χ3v) is 6.88. The summed E-state index contributed by atoms with van der Waals surface area (Å²) >= 11 is 0. The molecule has 3 fully saturated rings. The van der Waals surface area contributed by atoms with Crippen molar-refractivity contribution in [2.75, 3.05) is 46.4 Å². The SMILES string of the molecule is COc1ccccc1CN1CCC(N2CCC[C@@H](C(=O)N3CCCC3)C2)CC1. The summed E-state index contributed by atoms with van der Waals surface area (Å²) in [5.74, 6) is 1.65. The van der Waals surface area contributed by atoms with Crippen molar-refractivity contribution in [3.63, 3.8) is 0 Å². The molecule has 154 valence electrons. The number of hydrogen-bond donors (Lipinski definition) is 0. The Hall–Kier alpha value is -1.59. The normalized spacial score (nSPS) is 25.2. The number of amides is 1. The van der Waals surface area contributed by atoms with E-state index in [-0.39, 0.29) is 5.92 Å². The molecule has 0 radical (unpaired) electrons. The molecule has 1 aromatic carbocycles. The van der Waals surface area contributed by atoms with Gasteiger partial charge in [0, 0.05) is 37.8 Å². The quantitative estimate of drug-likeness (QED) is 0.781. The van der Waals surface area contributed by atoms with Gasteiger partial charge in [0.1, 0.15) is 5.75 Å². The first-order valence-electron chi connectivity index (χ1n) is 11.1. The maximum Gasteiger partial charge on any atom is 0.226 e. The van der Waals surface area contributed by atoms with Crippen LogP contribution in [-0.2, 0) is 11.3 Å². The number of para-hydroxylation sites is 1. The first-order valence-corrected chi connectivity index (χ1v) is 11.1. The Bertz CT molecular complexity index is 651. The van der Waals surface area contributed by atoms with Crippen LogP contribution in [0, 0.1) is 5.92 Å². The summed E-state index contributed by atoms with van der Waals surface area (Å²) in [6.07, 6.45) is 7.05. The van der Waals surface area contributed by atoms with Crippen molar-refractivity contribution in [1.29, 1.82) is 0 Å². The number of hydrogen-bond acceptors (Lipinski definition) is 4. The summed E-state index contributed by atoms with van der Waals surface area (Å²) in [6, 6.07) is 8.99. The molecule has 5 heteroatoms. The van der Waals surface area contributed by atoms with Crippen LogP contribution in [0.4, 0.5) is 0 Å². The molecule has 1 aromatic rings. The van der Waals surface area contributed by atoms with Gasteiger partial charge in [-0.05, 0) is 64.2 Å². The highest BCUT2D eigenvalue weighted by atomic mass is 16.5. The highest BCUT2D eigenvalue weighted by Gasteiger charge is 2.34. The molecule has 0 N–H and O–H groups in total. The van der Waals surface area contributed by atoms with Gasteiger partial charge in [-0.3, -0.25) is 14.6 Å². The minimum absolute atomic E-state index is 0.235. The Morgan fingerprint density at radius 2 is 1.75 bits per heavy atom. The summed E-state index contributed by atoms with van der Waals surface area (Å²) in [5, 5.41) is 0. The van der Waals surface area contributed by atoms with Crippen LogP contribution in [0.1, 0.15) is 44.1 Å². The van der Waals surface area contributed by atoms with E-state index in [9.17, 15) is 4.79 Å². The highest BCUT2D eigenvalue weighted by Crippen LogP contribution is 2.27. The van der Waals surface area contributed by atoms with Crippen molar-refractivity contribution in [3.05, 3.63) is 29.8 Å². The maximum absolute atomic E-state index is 12.8. The molecule has 1 atom stereocenters. The van der Waals surface area contributed by atoms with Crippen LogP contribution < -0.4 is 4.74 Å². The lowest BCUT2D eigenvalue weighted by Crippen LogP contribution is -2.51. The van der Waals surface area contributed by atoms with Gasteiger partial charge in [0.05, 0.1) is 13.0 Å². The molecule has 0 saturated carbocycles. The zero-order valence-corrected chi connectivity index (χ0v) is 17.3. The number of likely N-dealkylation sites (tertiary alicyclic amines) is 3. The van der Waals surface area contributed by atoms with E-state index in [1.54, 1.807) is 7.11 Å². The predicted molar refractivity (Wildman–Crippen MR) is 111 cm³/mol. The molecule has 5 nitrogen and oxygen atoms in total. The second kappa shape index (κ2) is 9.27. The first kappa shape index (κ1) is 19.7. The number of carbonyl (C=O) groups is 1. The number of piperidine rings is 2. The fourth-order valence-electron chi connectivity index (χ4n) is 5.25. The molecule has 0 aliphatic carbocycles. The molecule has 0 aromatic heterocycles. The molecule has 0 spiro atoms. The third kappa shape index (κ3) is 4.52. The largest absolute Gasteiger partial charge is 0.496 e. The fraction of sp³-hybridized carbons (Fsp3) is 0.696. The standard InChI is InChI=1S/C23H35N3O2/c1-28-22-9-3-2-7-19(22)17-24-15-10-21(11-16-24)26-14-6-8-20(18-26)23(27)25-12-4-5-13-25/h2-3,7,9,20-21H,4-6,8,10-18H2,1H3/t20-/m1/s1. The molecule has 3 saturated heterocycles. The Balaban J connectivity index is 1.28. The van der Waals surface area contributed by atoms with Crippen LogP contribution in [0.5, 0.6) is 5.75 Å². The van der Waals surface area contributed by atoms with E-state index < -0.39 is 0 Å². The van der Waals surface area contributed by atoms with Crippen LogP contribution >= 0.6 is 0 Å². The average molecular weight is 386 g/mol. The topological polar surface area (TPSA) is 36.0 Å². The number of rotatable bonds is 5. The van der Waals surface area contributed by atoms with Gasteiger partial charge in [0.25, 0.3) is 0 Å². The Kier molecular flexibility index (Phi) is 6.53. The zero-order chi connectivity index (χ0) is 19.3. The minimum Gasteiger partial charge on any atom is -0.496 e. The summed E-state index contributed by atoms with van der Waals surface area (Å²) in [5.41, 5.74) is 1.28. The molecule has 3 heterocycles. The van der Waals surface area contributed by atoms with Crippen molar-refractivity contribution < 1.29 is 9.53 Å². The number of nitrogens with zero attached hydrogens (tertiary/aromatic N) is 3. The Labute approximate surface area is 169 Å². The van der Waals surface area contributed by atoms with E-state index in [2.05, 4.69) is 26.8 Å². The number of carbonyl (C=O) groups excluding carboxylic acids is 1. The smallest absolute Gasteiger partial charge is 0.226 e. The summed E-state index contributed by atoms with van der Waals surface area (Å²) < 4.78 is 5.51. The maximum atomic E-state index is 12.8. The van der Waals surface area contributed by atoms with E-state index >= 15 is 0 Å². The molecule has 3 aliphatic rings. The lowest BCUT2D eigenvalue weighted by atomic mass is 9.93. The van der Waals surface area contributed by atoms with E-state index in [0.717, 1.165) is 51.4 Å². The number of ether oxygens (including phenoxy) is 1. The minimum atomic E-state index is 0.235. The molecule has 1 amide bonds. The lowest BCUT2D eigenvalue weighted by Gasteiger charge is -2.42. The van der Waals surface area contributed by atoms with E-state index in [4.69, 9.17) is 4.74 Å². The van der Waals surface area contributed by atoms with E-state index in [0.29, 0.717) is 11.9 Å². The van der Waals surface area contributed by atoms with Crippen LogP contribution in [0.15, 0.2) is 24.3 Å². The van der Waals surface area contributed by atoms with Crippen molar-refractivity contribution >= 4 is 5.91 Å². The van der Waals surface area contributed by atoms with Gasteiger partial charge in [0.2, 0.25) is 5.91 Å². The molecule has 4 rings (SSSR count). The van der Waals surface area contributed by atoms with E-state index in [1.165, 1.54) is 44.2 Å². The summed E-state index contributed by atoms with van der Waals surface area (Å²) in [7, 11) is 1.75. The molecular weight excluding hydrogens is 350 g/mol. The second-order valence-corrected chi connectivity index (χ2v) is 8.69. The zero-order valence-electron chi connectivity index (χ0n) is 17.3. The van der Waals surface area contributed by atoms with Crippen LogP contribution in [0.3, 0.4) is 0 Å². The summed E-state index contributed by atoms with van der Waals surface area (Å²) in [4.78, 5) is 20.1. The third-order valence-electron chi connectivity index (χ3n) is 6.88. The van der Waals surface area contributed by atoms with Gasteiger partial charge in [0.15, 0.2) is 0 Å². The van der Waals surface area contributed by atoms with Gasteiger partial charge in [-0.15, -0.1) is 0 Å². The highest BCUT2D eigenvalue weighted by molar-refractivity contribution is 5.79. The van der Waals surface area contributed by atoms with Crippen molar-refractivity contribution in [1.82, 2.24) is 14.7 Å².